The summed E-state index contributed by atoms with van der Waals surface area (Å²) in [6.07, 6.45) is 1.37. The molecule has 1 aliphatic heterocycles. The topological polar surface area (TPSA) is 51.6 Å². The first-order valence-electron chi connectivity index (χ1n) is 7.39. The van der Waals surface area contributed by atoms with Crippen LogP contribution in [0.1, 0.15) is 18.5 Å². The lowest BCUT2D eigenvalue weighted by atomic mass is 9.85. The normalized spacial score (nSPS) is 19.5. The van der Waals surface area contributed by atoms with Gasteiger partial charge in [-0.2, -0.15) is 0 Å². The van der Waals surface area contributed by atoms with E-state index in [9.17, 15) is 5.11 Å². The quantitative estimate of drug-likeness (QED) is 0.937. The molecule has 4 heteroatoms. The summed E-state index contributed by atoms with van der Waals surface area (Å²) in [4.78, 5) is 4.63. The molecule has 1 N–H and O–H groups in total. The average molecular weight is 287 g/mol. The molecule has 21 heavy (non-hydrogen) atoms. The minimum atomic E-state index is -0.569. The summed E-state index contributed by atoms with van der Waals surface area (Å²) in [5.41, 5.74) is 1.34. The van der Waals surface area contributed by atoms with Crippen LogP contribution in [0.15, 0.2) is 36.4 Å². The molecule has 1 aromatic carbocycles. The standard InChI is InChI=1S/C17H21NO3/c1-20-17(8-10-21-11-9-17)16(19)12-14-7-6-13-4-2-3-5-15(13)18-14/h2-7,16,19H,8-12H2,1H3. The number of nitrogens with zero attached hydrogens (tertiary/aromatic N) is 1. The van der Waals surface area contributed by atoms with Crippen LogP contribution in [0.2, 0.25) is 0 Å². The zero-order valence-corrected chi connectivity index (χ0v) is 12.3. The van der Waals surface area contributed by atoms with Crippen LogP contribution in [0.3, 0.4) is 0 Å². The van der Waals surface area contributed by atoms with Gasteiger partial charge in [-0.1, -0.05) is 24.3 Å². The molecule has 4 nitrogen and oxygen atoms in total. The van der Waals surface area contributed by atoms with Crippen LogP contribution in [-0.2, 0) is 15.9 Å². The number of aromatic nitrogens is 1. The van der Waals surface area contributed by atoms with Gasteiger partial charge in [0.05, 0.1) is 17.2 Å². The summed E-state index contributed by atoms with van der Waals surface area (Å²) >= 11 is 0. The average Bonchev–Trinajstić information content (AvgIpc) is 2.55. The molecule has 1 saturated heterocycles. The van der Waals surface area contributed by atoms with E-state index >= 15 is 0 Å². The molecule has 1 fully saturated rings. The highest BCUT2D eigenvalue weighted by Gasteiger charge is 2.39. The second kappa shape index (κ2) is 6.10. The van der Waals surface area contributed by atoms with Gasteiger partial charge in [0.1, 0.15) is 0 Å². The Morgan fingerprint density at radius 2 is 2.00 bits per heavy atom. The number of rotatable bonds is 4. The van der Waals surface area contributed by atoms with Crippen molar-refractivity contribution in [2.45, 2.75) is 31.0 Å². The van der Waals surface area contributed by atoms with E-state index in [1.807, 2.05) is 36.4 Å². The molecule has 1 unspecified atom stereocenters. The number of hydrogen-bond donors (Lipinski definition) is 1. The van der Waals surface area contributed by atoms with Gasteiger partial charge in [-0.25, -0.2) is 0 Å². The molecule has 0 spiro atoms. The predicted octanol–water partition coefficient (Wildman–Crippen LogP) is 2.33. The molecule has 0 saturated carbocycles. The summed E-state index contributed by atoms with van der Waals surface area (Å²) in [6.45, 7) is 1.27. The summed E-state index contributed by atoms with van der Waals surface area (Å²) in [6, 6.07) is 12.0. The molecule has 1 atom stereocenters. The second-order valence-corrected chi connectivity index (χ2v) is 5.60. The van der Waals surface area contributed by atoms with Gasteiger partial charge in [-0.05, 0) is 12.1 Å². The fourth-order valence-electron chi connectivity index (χ4n) is 3.00. The molecule has 2 heterocycles. The number of benzene rings is 1. The van der Waals surface area contributed by atoms with E-state index < -0.39 is 11.7 Å². The van der Waals surface area contributed by atoms with Gasteiger partial charge in [0, 0.05) is 50.7 Å². The van der Waals surface area contributed by atoms with Crippen LogP contribution in [0.4, 0.5) is 0 Å². The highest BCUT2D eigenvalue weighted by atomic mass is 16.5. The van der Waals surface area contributed by atoms with Gasteiger partial charge in [-0.15, -0.1) is 0 Å². The van der Waals surface area contributed by atoms with Crippen LogP contribution in [0, 0.1) is 0 Å². The summed E-state index contributed by atoms with van der Waals surface area (Å²) in [7, 11) is 1.67. The number of methoxy groups -OCH3 is 1. The number of para-hydroxylation sites is 1. The number of aliphatic hydroxyl groups is 1. The second-order valence-electron chi connectivity index (χ2n) is 5.60. The Balaban J connectivity index is 1.80. The zero-order valence-electron chi connectivity index (χ0n) is 12.3. The van der Waals surface area contributed by atoms with Crippen molar-refractivity contribution in [2.24, 2.45) is 0 Å². The van der Waals surface area contributed by atoms with Crippen molar-refractivity contribution in [3.05, 3.63) is 42.1 Å². The van der Waals surface area contributed by atoms with Crippen LogP contribution in [0.25, 0.3) is 10.9 Å². The number of aliphatic hydroxyl groups excluding tert-OH is 1. The molecule has 0 radical (unpaired) electrons. The predicted molar refractivity (Wildman–Crippen MR) is 81.2 cm³/mol. The van der Waals surface area contributed by atoms with Gasteiger partial charge < -0.3 is 14.6 Å². The first-order valence-corrected chi connectivity index (χ1v) is 7.39. The van der Waals surface area contributed by atoms with E-state index in [0.717, 1.165) is 29.4 Å². The summed E-state index contributed by atoms with van der Waals surface area (Å²) in [5, 5.41) is 11.7. The van der Waals surface area contributed by atoms with Crippen molar-refractivity contribution in [3.8, 4) is 0 Å². The maximum atomic E-state index is 10.6. The maximum Gasteiger partial charge on any atom is 0.0983 e. The van der Waals surface area contributed by atoms with Gasteiger partial charge >= 0.3 is 0 Å². The summed E-state index contributed by atoms with van der Waals surface area (Å²) < 4.78 is 11.0. The van der Waals surface area contributed by atoms with Gasteiger partial charge in [0.25, 0.3) is 0 Å². The van der Waals surface area contributed by atoms with Crippen LogP contribution < -0.4 is 0 Å². The maximum absolute atomic E-state index is 10.6. The summed E-state index contributed by atoms with van der Waals surface area (Å²) in [5.74, 6) is 0. The van der Waals surface area contributed by atoms with Crippen molar-refractivity contribution >= 4 is 10.9 Å². The molecule has 0 bridgehead atoms. The van der Waals surface area contributed by atoms with E-state index in [0.29, 0.717) is 19.6 Å². The van der Waals surface area contributed by atoms with Gasteiger partial charge in [-0.3, -0.25) is 4.98 Å². The molecule has 1 aromatic heterocycles. The lowest BCUT2D eigenvalue weighted by Gasteiger charge is -2.39. The van der Waals surface area contributed by atoms with Crippen LogP contribution in [-0.4, -0.2) is 42.1 Å². The zero-order chi connectivity index (χ0) is 14.7. The molecule has 112 valence electrons. The highest BCUT2D eigenvalue weighted by molar-refractivity contribution is 5.78. The number of hydrogen-bond acceptors (Lipinski definition) is 4. The Morgan fingerprint density at radius 1 is 1.24 bits per heavy atom. The van der Waals surface area contributed by atoms with E-state index in [-0.39, 0.29) is 0 Å². The van der Waals surface area contributed by atoms with Crippen molar-refractivity contribution < 1.29 is 14.6 Å². The molecular formula is C17H21NO3. The Hall–Kier alpha value is -1.49. The van der Waals surface area contributed by atoms with Crippen LogP contribution >= 0.6 is 0 Å². The smallest absolute Gasteiger partial charge is 0.0983 e. The first kappa shape index (κ1) is 14.4. The fourth-order valence-corrected chi connectivity index (χ4v) is 3.00. The third kappa shape index (κ3) is 2.93. The Labute approximate surface area is 124 Å². The van der Waals surface area contributed by atoms with E-state index in [2.05, 4.69) is 4.98 Å². The lowest BCUT2D eigenvalue weighted by Crippen LogP contribution is -2.49. The van der Waals surface area contributed by atoms with Gasteiger partial charge in [0.2, 0.25) is 0 Å². The SMILES string of the molecule is COC1(C(O)Cc2ccc3ccccc3n2)CCOCC1. The van der Waals surface area contributed by atoms with Crippen molar-refractivity contribution in [2.75, 3.05) is 20.3 Å². The molecule has 0 aliphatic carbocycles. The van der Waals surface area contributed by atoms with E-state index in [1.165, 1.54) is 0 Å². The lowest BCUT2D eigenvalue weighted by molar-refractivity contribution is -0.151. The van der Waals surface area contributed by atoms with Crippen LogP contribution in [0.5, 0.6) is 0 Å². The van der Waals surface area contributed by atoms with Crippen molar-refractivity contribution in [1.29, 1.82) is 0 Å². The molecule has 0 amide bonds. The molecular weight excluding hydrogens is 266 g/mol. The van der Waals surface area contributed by atoms with Crippen molar-refractivity contribution in [3.63, 3.8) is 0 Å². The number of ether oxygens (including phenoxy) is 2. The number of fused-ring (bicyclic) bond motifs is 1. The minimum Gasteiger partial charge on any atom is -0.390 e. The largest absolute Gasteiger partial charge is 0.390 e. The monoisotopic (exact) mass is 287 g/mol. The minimum absolute atomic E-state index is 0.499. The first-order chi connectivity index (χ1) is 10.2. The fraction of sp³-hybridized carbons (Fsp3) is 0.471. The third-order valence-corrected chi connectivity index (χ3v) is 4.41. The molecule has 1 aliphatic rings. The highest BCUT2D eigenvalue weighted by Crippen LogP contribution is 2.30. The Bertz CT molecular complexity index is 608. The Morgan fingerprint density at radius 3 is 2.76 bits per heavy atom. The molecule has 2 aromatic rings. The van der Waals surface area contributed by atoms with E-state index in [4.69, 9.17) is 9.47 Å². The van der Waals surface area contributed by atoms with Crippen molar-refractivity contribution in [1.82, 2.24) is 4.98 Å². The molecule has 3 rings (SSSR count). The third-order valence-electron chi connectivity index (χ3n) is 4.41. The van der Waals surface area contributed by atoms with E-state index in [1.54, 1.807) is 7.11 Å². The number of pyridine rings is 1. The Kier molecular flexibility index (Phi) is 4.19. The van der Waals surface area contributed by atoms with Gasteiger partial charge in [0.15, 0.2) is 0 Å².